The molecule has 25 heavy (non-hydrogen) atoms. The number of fused-ring (bicyclic) bond motifs is 1. The lowest BCUT2D eigenvalue weighted by Crippen LogP contribution is -2.34. The summed E-state index contributed by atoms with van der Waals surface area (Å²) < 4.78 is 6.12. The number of furan rings is 1. The average Bonchev–Trinajstić information content (AvgIpc) is 3.26. The zero-order chi connectivity index (χ0) is 17.2. The first-order valence-electron chi connectivity index (χ1n) is 9.25. The fourth-order valence-electron chi connectivity index (χ4n) is 3.58. The molecule has 2 aromatic heterocycles. The number of nitrogens with zero attached hydrogens (tertiary/aromatic N) is 3. The van der Waals surface area contributed by atoms with Crippen LogP contribution in [0.5, 0.6) is 0 Å². The quantitative estimate of drug-likeness (QED) is 0.785. The van der Waals surface area contributed by atoms with E-state index < -0.39 is 0 Å². The first-order chi connectivity index (χ1) is 12.2. The Balaban J connectivity index is 1.42. The van der Waals surface area contributed by atoms with Crippen LogP contribution in [-0.4, -0.2) is 28.8 Å². The summed E-state index contributed by atoms with van der Waals surface area (Å²) in [6.07, 6.45) is 10.6. The largest absolute Gasteiger partial charge is 0.461 e. The van der Waals surface area contributed by atoms with Crippen LogP contribution in [0.25, 0.3) is 6.08 Å². The molecule has 1 saturated heterocycles. The van der Waals surface area contributed by atoms with Gasteiger partial charge in [0.15, 0.2) is 0 Å². The van der Waals surface area contributed by atoms with Crippen LogP contribution in [0.1, 0.15) is 54.9 Å². The van der Waals surface area contributed by atoms with Gasteiger partial charge in [-0.1, -0.05) is 13.0 Å². The molecule has 2 aromatic rings. The molecule has 0 unspecified atom stereocenters. The lowest BCUT2D eigenvalue weighted by molar-refractivity contribution is 0.401. The number of hydrogen-bond acceptors (Lipinski definition) is 5. The maximum Gasteiger partial charge on any atom is 0.225 e. The predicted octanol–water partition coefficient (Wildman–Crippen LogP) is 4.83. The fourth-order valence-corrected chi connectivity index (χ4v) is 4.54. The molecule has 0 amide bonds. The summed E-state index contributed by atoms with van der Waals surface area (Å²) in [6.45, 7) is 6.27. The Morgan fingerprint density at radius 1 is 1.36 bits per heavy atom. The average molecular weight is 356 g/mol. The van der Waals surface area contributed by atoms with Crippen molar-refractivity contribution in [2.24, 2.45) is 0 Å². The predicted molar refractivity (Wildman–Crippen MR) is 103 cm³/mol. The minimum absolute atomic E-state index is 0.503. The van der Waals surface area contributed by atoms with Gasteiger partial charge < -0.3 is 9.32 Å². The number of aromatic nitrogens is 2. The standard InChI is InChI=1S/C20H25N3OS/c1-3-4-5-17-14(2)12-18(24-17)15-6-9-23(10-7-15)20-21-13-19-16(22-20)8-11-25-19/h4-5,12-13,15H,3,6-11H2,1-2H3/b5-4-. The first-order valence-corrected chi connectivity index (χ1v) is 10.2. The summed E-state index contributed by atoms with van der Waals surface area (Å²) in [5.41, 5.74) is 2.47. The third-order valence-electron chi connectivity index (χ3n) is 5.07. The van der Waals surface area contributed by atoms with Crippen LogP contribution in [-0.2, 0) is 6.42 Å². The molecule has 5 heteroatoms. The van der Waals surface area contributed by atoms with Crippen LogP contribution >= 0.6 is 11.8 Å². The van der Waals surface area contributed by atoms with Crippen molar-refractivity contribution in [2.75, 3.05) is 23.7 Å². The van der Waals surface area contributed by atoms with E-state index in [1.54, 1.807) is 0 Å². The highest BCUT2D eigenvalue weighted by molar-refractivity contribution is 7.99. The van der Waals surface area contributed by atoms with E-state index in [0.29, 0.717) is 5.92 Å². The molecule has 0 aliphatic carbocycles. The molecule has 0 atom stereocenters. The van der Waals surface area contributed by atoms with E-state index in [-0.39, 0.29) is 0 Å². The fraction of sp³-hybridized carbons (Fsp3) is 0.500. The smallest absolute Gasteiger partial charge is 0.225 e. The molecule has 4 rings (SSSR count). The molecule has 0 saturated carbocycles. The Bertz CT molecular complexity index is 775. The molecule has 0 radical (unpaired) electrons. The van der Waals surface area contributed by atoms with Gasteiger partial charge in [-0.2, -0.15) is 0 Å². The van der Waals surface area contributed by atoms with E-state index in [4.69, 9.17) is 9.40 Å². The topological polar surface area (TPSA) is 42.2 Å². The number of hydrogen-bond donors (Lipinski definition) is 0. The molecule has 0 bridgehead atoms. The third-order valence-corrected chi connectivity index (χ3v) is 6.13. The van der Waals surface area contributed by atoms with Gasteiger partial charge in [0.25, 0.3) is 0 Å². The van der Waals surface area contributed by atoms with Crippen LogP contribution in [0.15, 0.2) is 27.7 Å². The zero-order valence-electron chi connectivity index (χ0n) is 15.0. The molecule has 0 spiro atoms. The number of thioether (sulfide) groups is 1. The van der Waals surface area contributed by atoms with Crippen LogP contribution in [0.2, 0.25) is 0 Å². The third kappa shape index (κ3) is 3.47. The van der Waals surface area contributed by atoms with Gasteiger partial charge >= 0.3 is 0 Å². The zero-order valence-corrected chi connectivity index (χ0v) is 15.8. The summed E-state index contributed by atoms with van der Waals surface area (Å²) >= 11 is 1.87. The number of piperidine rings is 1. The highest BCUT2D eigenvalue weighted by Gasteiger charge is 2.26. The van der Waals surface area contributed by atoms with E-state index in [0.717, 1.165) is 62.0 Å². The van der Waals surface area contributed by atoms with Gasteiger partial charge in [0.05, 0.1) is 5.69 Å². The number of anilines is 1. The Labute approximate surface area is 153 Å². The summed E-state index contributed by atoms with van der Waals surface area (Å²) in [5, 5.41) is 0. The SMILES string of the molecule is CC/C=C\c1oc(C2CCN(c3ncc4c(n3)CCS4)CC2)cc1C. The Kier molecular flexibility index (Phi) is 4.84. The van der Waals surface area contributed by atoms with Gasteiger partial charge in [-0.15, -0.1) is 11.8 Å². The summed E-state index contributed by atoms with van der Waals surface area (Å²) in [6, 6.07) is 2.22. The highest BCUT2D eigenvalue weighted by Crippen LogP contribution is 2.34. The minimum Gasteiger partial charge on any atom is -0.461 e. The molecule has 0 N–H and O–H groups in total. The van der Waals surface area contributed by atoms with Crippen molar-refractivity contribution in [1.29, 1.82) is 0 Å². The molecule has 2 aliphatic heterocycles. The van der Waals surface area contributed by atoms with Gasteiger partial charge in [-0.25, -0.2) is 9.97 Å². The second-order valence-corrected chi connectivity index (χ2v) is 7.98. The van der Waals surface area contributed by atoms with Gasteiger partial charge in [-0.05, 0) is 43.9 Å². The highest BCUT2D eigenvalue weighted by atomic mass is 32.2. The maximum absolute atomic E-state index is 6.12. The number of rotatable bonds is 4. The van der Waals surface area contributed by atoms with Crippen molar-refractivity contribution in [3.8, 4) is 0 Å². The lowest BCUT2D eigenvalue weighted by atomic mass is 9.94. The minimum atomic E-state index is 0.503. The van der Waals surface area contributed by atoms with Crippen LogP contribution in [0.4, 0.5) is 5.95 Å². The summed E-state index contributed by atoms with van der Waals surface area (Å²) in [4.78, 5) is 13.0. The van der Waals surface area contributed by atoms with Gasteiger partial charge in [-0.3, -0.25) is 0 Å². The van der Waals surface area contributed by atoms with Crippen LogP contribution in [0.3, 0.4) is 0 Å². The van der Waals surface area contributed by atoms with E-state index in [1.807, 2.05) is 18.0 Å². The number of aryl methyl sites for hydroxylation is 2. The van der Waals surface area contributed by atoms with Gasteiger partial charge in [0.2, 0.25) is 5.95 Å². The Morgan fingerprint density at radius 3 is 3.00 bits per heavy atom. The van der Waals surface area contributed by atoms with E-state index >= 15 is 0 Å². The van der Waals surface area contributed by atoms with E-state index in [2.05, 4.69) is 41.9 Å². The Hall–Kier alpha value is -1.75. The van der Waals surface area contributed by atoms with Crippen LogP contribution < -0.4 is 4.90 Å². The second kappa shape index (κ2) is 7.24. The maximum atomic E-state index is 6.12. The molecular formula is C20H25N3OS. The summed E-state index contributed by atoms with van der Waals surface area (Å²) in [7, 11) is 0. The van der Waals surface area contributed by atoms with Crippen molar-refractivity contribution in [3.05, 3.63) is 41.1 Å². The first kappa shape index (κ1) is 16.7. The summed E-state index contributed by atoms with van der Waals surface area (Å²) in [5.74, 6) is 4.70. The van der Waals surface area contributed by atoms with Crippen molar-refractivity contribution >= 4 is 23.8 Å². The monoisotopic (exact) mass is 355 g/mol. The van der Waals surface area contributed by atoms with Crippen molar-refractivity contribution in [1.82, 2.24) is 9.97 Å². The van der Waals surface area contributed by atoms with Crippen molar-refractivity contribution < 1.29 is 4.42 Å². The molecule has 132 valence electrons. The molecule has 2 aliphatic rings. The molecule has 0 aromatic carbocycles. The molecule has 4 heterocycles. The molecule has 4 nitrogen and oxygen atoms in total. The lowest BCUT2D eigenvalue weighted by Gasteiger charge is -2.31. The van der Waals surface area contributed by atoms with Crippen LogP contribution in [0, 0.1) is 6.92 Å². The molecule has 1 fully saturated rings. The van der Waals surface area contributed by atoms with E-state index in [9.17, 15) is 0 Å². The molecular weight excluding hydrogens is 330 g/mol. The van der Waals surface area contributed by atoms with E-state index in [1.165, 1.54) is 16.2 Å². The Morgan fingerprint density at radius 2 is 2.20 bits per heavy atom. The van der Waals surface area contributed by atoms with Gasteiger partial charge in [0, 0.05) is 42.3 Å². The van der Waals surface area contributed by atoms with Crippen molar-refractivity contribution in [2.45, 2.75) is 50.3 Å². The normalized spacial score (nSPS) is 18.2. The number of allylic oxidation sites excluding steroid dienone is 1. The van der Waals surface area contributed by atoms with Gasteiger partial charge in [0.1, 0.15) is 11.5 Å². The van der Waals surface area contributed by atoms with Crippen molar-refractivity contribution in [3.63, 3.8) is 0 Å². The second-order valence-electron chi connectivity index (χ2n) is 6.85.